The second-order valence-corrected chi connectivity index (χ2v) is 9.44. The van der Waals surface area contributed by atoms with Gasteiger partial charge in [0.2, 0.25) is 0 Å². The molecule has 0 saturated carbocycles. The van der Waals surface area contributed by atoms with E-state index in [4.69, 9.17) is 0 Å². The van der Waals surface area contributed by atoms with E-state index in [9.17, 15) is 14.4 Å². The Kier molecular flexibility index (Phi) is 13.8. The number of hydrogen-bond donors (Lipinski definition) is 2. The van der Waals surface area contributed by atoms with Crippen molar-refractivity contribution >= 4 is 12.9 Å². The third-order valence-corrected chi connectivity index (χ3v) is 6.42. The maximum atomic E-state index is 11.5. The standard InChI is InChI=1S/C23H41O3P/c1-2-3-4-5-6-7-8-9-10-11-12-13-14-15-16-19-22-20-17-18-21-23(22)27(24,25)26/h17-18,20-21H,2-16,19H2,1H3,(H2,24,25,26). The Morgan fingerprint density at radius 3 is 1.52 bits per heavy atom. The van der Waals surface area contributed by atoms with Gasteiger partial charge in [-0.15, -0.1) is 0 Å². The van der Waals surface area contributed by atoms with Crippen molar-refractivity contribution in [1.82, 2.24) is 0 Å². The predicted molar refractivity (Wildman–Crippen MR) is 117 cm³/mol. The number of aryl methyl sites for hydroxylation is 1. The zero-order valence-electron chi connectivity index (χ0n) is 17.4. The van der Waals surface area contributed by atoms with Crippen molar-refractivity contribution in [3.63, 3.8) is 0 Å². The van der Waals surface area contributed by atoms with Crippen LogP contribution in [0.2, 0.25) is 0 Å². The molecule has 0 radical (unpaired) electrons. The van der Waals surface area contributed by atoms with Crippen LogP contribution in [-0.4, -0.2) is 9.79 Å². The van der Waals surface area contributed by atoms with Crippen LogP contribution in [0, 0.1) is 0 Å². The largest absolute Gasteiger partial charge is 0.356 e. The van der Waals surface area contributed by atoms with Crippen molar-refractivity contribution in [3.8, 4) is 0 Å². The molecule has 0 amide bonds. The van der Waals surface area contributed by atoms with Gasteiger partial charge in [0.05, 0.1) is 5.30 Å². The van der Waals surface area contributed by atoms with Gasteiger partial charge >= 0.3 is 7.60 Å². The molecule has 0 aliphatic heterocycles. The highest BCUT2D eigenvalue weighted by Crippen LogP contribution is 2.34. The molecular weight excluding hydrogens is 355 g/mol. The second kappa shape index (κ2) is 15.3. The van der Waals surface area contributed by atoms with E-state index in [-0.39, 0.29) is 5.30 Å². The van der Waals surface area contributed by atoms with E-state index < -0.39 is 7.60 Å². The van der Waals surface area contributed by atoms with E-state index >= 15 is 0 Å². The Labute approximate surface area is 167 Å². The molecule has 3 nitrogen and oxygen atoms in total. The predicted octanol–water partition coefficient (Wildman–Crippen LogP) is 6.90. The van der Waals surface area contributed by atoms with E-state index in [2.05, 4.69) is 6.92 Å². The monoisotopic (exact) mass is 396 g/mol. The van der Waals surface area contributed by atoms with Gasteiger partial charge in [0.15, 0.2) is 0 Å². The van der Waals surface area contributed by atoms with Crippen molar-refractivity contribution < 1.29 is 14.4 Å². The first-order valence-electron chi connectivity index (χ1n) is 11.2. The van der Waals surface area contributed by atoms with Crippen molar-refractivity contribution in [2.75, 3.05) is 0 Å². The van der Waals surface area contributed by atoms with Crippen molar-refractivity contribution in [1.29, 1.82) is 0 Å². The molecule has 0 heterocycles. The normalized spacial score (nSPS) is 11.8. The van der Waals surface area contributed by atoms with Gasteiger partial charge in [-0.3, -0.25) is 4.57 Å². The lowest BCUT2D eigenvalue weighted by molar-refractivity contribution is 0.387. The molecule has 0 aliphatic rings. The molecule has 0 unspecified atom stereocenters. The SMILES string of the molecule is CCCCCCCCCCCCCCCCCc1ccccc1P(=O)(O)O. The van der Waals surface area contributed by atoms with E-state index in [0.717, 1.165) is 24.8 Å². The third kappa shape index (κ3) is 12.4. The van der Waals surface area contributed by atoms with Crippen LogP contribution in [0.5, 0.6) is 0 Å². The summed E-state index contributed by atoms with van der Waals surface area (Å²) in [5, 5.41) is 0.204. The molecule has 1 aromatic carbocycles. The molecule has 0 bridgehead atoms. The molecule has 0 atom stereocenters. The van der Waals surface area contributed by atoms with Gasteiger partial charge in [-0.1, -0.05) is 115 Å². The number of hydrogen-bond acceptors (Lipinski definition) is 1. The molecule has 1 rings (SSSR count). The van der Waals surface area contributed by atoms with Gasteiger partial charge < -0.3 is 9.79 Å². The minimum absolute atomic E-state index is 0.204. The number of benzene rings is 1. The maximum Gasteiger partial charge on any atom is 0.356 e. The highest BCUT2D eigenvalue weighted by Gasteiger charge is 2.20. The summed E-state index contributed by atoms with van der Waals surface area (Å²) in [7, 11) is -4.15. The average molecular weight is 397 g/mol. The average Bonchev–Trinajstić information content (AvgIpc) is 2.64. The Morgan fingerprint density at radius 1 is 0.667 bits per heavy atom. The molecule has 2 N–H and O–H groups in total. The van der Waals surface area contributed by atoms with Crippen LogP contribution in [0.3, 0.4) is 0 Å². The lowest BCUT2D eigenvalue weighted by Gasteiger charge is -2.10. The van der Waals surface area contributed by atoms with Crippen LogP contribution in [0.1, 0.15) is 109 Å². The molecule has 156 valence electrons. The fourth-order valence-electron chi connectivity index (χ4n) is 3.69. The first-order chi connectivity index (χ1) is 13.1. The molecule has 4 heteroatoms. The third-order valence-electron chi connectivity index (χ3n) is 5.36. The quantitative estimate of drug-likeness (QED) is 0.222. The molecule has 27 heavy (non-hydrogen) atoms. The highest BCUT2D eigenvalue weighted by molar-refractivity contribution is 7.60. The van der Waals surface area contributed by atoms with Gasteiger partial charge in [0.25, 0.3) is 0 Å². The van der Waals surface area contributed by atoms with Crippen molar-refractivity contribution in [3.05, 3.63) is 29.8 Å². The Bertz CT molecular complexity index is 524. The van der Waals surface area contributed by atoms with Gasteiger partial charge in [0.1, 0.15) is 0 Å². The summed E-state index contributed by atoms with van der Waals surface area (Å²) in [5.74, 6) is 0. The summed E-state index contributed by atoms with van der Waals surface area (Å²) >= 11 is 0. The van der Waals surface area contributed by atoms with Crippen molar-refractivity contribution in [2.24, 2.45) is 0 Å². The van der Waals surface area contributed by atoms with Crippen LogP contribution in [0.25, 0.3) is 0 Å². The zero-order valence-corrected chi connectivity index (χ0v) is 18.3. The van der Waals surface area contributed by atoms with Crippen LogP contribution < -0.4 is 5.30 Å². The summed E-state index contributed by atoms with van der Waals surface area (Å²) in [4.78, 5) is 18.8. The fourth-order valence-corrected chi connectivity index (χ4v) is 4.53. The molecule has 0 aromatic heterocycles. The summed E-state index contributed by atoms with van der Waals surface area (Å²) in [5.41, 5.74) is 0.806. The molecule has 1 aromatic rings. The Morgan fingerprint density at radius 2 is 1.07 bits per heavy atom. The number of unbranched alkanes of at least 4 members (excludes halogenated alkanes) is 14. The Balaban J connectivity index is 1.94. The van der Waals surface area contributed by atoms with Crippen LogP contribution >= 0.6 is 7.60 Å². The van der Waals surface area contributed by atoms with Gasteiger partial charge in [-0.05, 0) is 24.5 Å². The van der Waals surface area contributed by atoms with Gasteiger partial charge in [-0.25, -0.2) is 0 Å². The molecule has 0 saturated heterocycles. The maximum absolute atomic E-state index is 11.5. The molecular formula is C23H41O3P. The van der Waals surface area contributed by atoms with E-state index in [0.29, 0.717) is 0 Å². The Hall–Kier alpha value is -0.630. The summed E-state index contributed by atoms with van der Waals surface area (Å²) in [6, 6.07) is 6.96. The first kappa shape index (κ1) is 24.4. The highest BCUT2D eigenvalue weighted by atomic mass is 31.2. The van der Waals surface area contributed by atoms with Crippen LogP contribution in [0.15, 0.2) is 24.3 Å². The van der Waals surface area contributed by atoms with E-state index in [1.807, 2.05) is 12.1 Å². The topological polar surface area (TPSA) is 57.5 Å². The van der Waals surface area contributed by atoms with Gasteiger partial charge in [0, 0.05) is 0 Å². The molecule has 0 spiro atoms. The van der Waals surface area contributed by atoms with Gasteiger partial charge in [-0.2, -0.15) is 0 Å². The molecule has 0 aliphatic carbocycles. The minimum atomic E-state index is -4.15. The number of rotatable bonds is 17. The van der Waals surface area contributed by atoms with Crippen LogP contribution in [-0.2, 0) is 11.0 Å². The minimum Gasteiger partial charge on any atom is -0.321 e. The lowest BCUT2D eigenvalue weighted by atomic mass is 10.0. The summed E-state index contributed by atoms with van der Waals surface area (Å²) in [6.07, 6.45) is 20.7. The summed E-state index contributed by atoms with van der Waals surface area (Å²) < 4.78 is 11.5. The smallest absolute Gasteiger partial charge is 0.321 e. The lowest BCUT2D eigenvalue weighted by Crippen LogP contribution is -2.10. The first-order valence-corrected chi connectivity index (χ1v) is 12.8. The summed E-state index contributed by atoms with van der Waals surface area (Å²) in [6.45, 7) is 2.27. The fraction of sp³-hybridized carbons (Fsp3) is 0.739. The molecule has 0 fully saturated rings. The zero-order chi connectivity index (χ0) is 19.8. The van der Waals surface area contributed by atoms with Crippen LogP contribution in [0.4, 0.5) is 0 Å². The van der Waals surface area contributed by atoms with Crippen molar-refractivity contribution in [2.45, 2.75) is 110 Å². The van der Waals surface area contributed by atoms with E-state index in [1.165, 1.54) is 83.5 Å². The van der Waals surface area contributed by atoms with E-state index in [1.54, 1.807) is 12.1 Å². The second-order valence-electron chi connectivity index (χ2n) is 7.87.